The fourth-order valence-electron chi connectivity index (χ4n) is 3.17. The highest BCUT2D eigenvalue weighted by atomic mass is 16.2. The van der Waals surface area contributed by atoms with Crippen LogP contribution in [0.3, 0.4) is 0 Å². The Hall–Kier alpha value is -1.81. The van der Waals surface area contributed by atoms with Gasteiger partial charge in [0.05, 0.1) is 0 Å². The lowest BCUT2D eigenvalue weighted by molar-refractivity contribution is 0.0729. The van der Waals surface area contributed by atoms with Crippen LogP contribution in [0.5, 0.6) is 0 Å². The second-order valence-corrected chi connectivity index (χ2v) is 5.78. The lowest BCUT2D eigenvalue weighted by Crippen LogP contribution is -2.39. The van der Waals surface area contributed by atoms with Gasteiger partial charge in [0.15, 0.2) is 0 Å². The number of aromatic amines is 1. The van der Waals surface area contributed by atoms with E-state index in [0.717, 1.165) is 55.5 Å². The van der Waals surface area contributed by atoms with Gasteiger partial charge in [0.25, 0.3) is 5.91 Å². The van der Waals surface area contributed by atoms with Crippen LogP contribution in [0.2, 0.25) is 0 Å². The molecule has 1 aliphatic heterocycles. The van der Waals surface area contributed by atoms with Crippen LogP contribution in [0, 0.1) is 5.92 Å². The van der Waals surface area contributed by atoms with Gasteiger partial charge in [-0.25, -0.2) is 0 Å². The molecule has 0 unspecified atom stereocenters. The first-order valence-corrected chi connectivity index (χ1v) is 7.85. The number of rotatable bonds is 4. The molecule has 1 fully saturated rings. The molecule has 4 heteroatoms. The van der Waals surface area contributed by atoms with Crippen LogP contribution in [-0.4, -0.2) is 42.0 Å². The number of nitrogens with zero attached hydrogens (tertiary/aromatic N) is 1. The van der Waals surface area contributed by atoms with Gasteiger partial charge < -0.3 is 15.2 Å². The van der Waals surface area contributed by atoms with E-state index in [1.54, 1.807) is 0 Å². The highest BCUT2D eigenvalue weighted by Gasteiger charge is 2.21. The first-order valence-electron chi connectivity index (χ1n) is 7.85. The van der Waals surface area contributed by atoms with Gasteiger partial charge >= 0.3 is 0 Å². The number of carbonyl (C=O) groups excluding carboxylic acids is 1. The minimum absolute atomic E-state index is 0.154. The Bertz CT molecular complexity index is 613. The second kappa shape index (κ2) is 6.31. The monoisotopic (exact) mass is 285 g/mol. The van der Waals surface area contributed by atoms with E-state index in [-0.39, 0.29) is 5.91 Å². The summed E-state index contributed by atoms with van der Waals surface area (Å²) in [5.41, 5.74) is 1.84. The highest BCUT2D eigenvalue weighted by Crippen LogP contribution is 2.21. The molecule has 0 radical (unpaired) electrons. The van der Waals surface area contributed by atoms with Crippen molar-refractivity contribution in [2.75, 3.05) is 26.2 Å². The lowest BCUT2D eigenvalue weighted by Gasteiger charge is -2.29. The number of aromatic nitrogens is 1. The first-order chi connectivity index (χ1) is 10.3. The molecule has 1 aromatic heterocycles. The molecule has 0 aliphatic carbocycles. The topological polar surface area (TPSA) is 48.1 Å². The van der Waals surface area contributed by atoms with E-state index in [1.165, 1.54) is 0 Å². The Balaban J connectivity index is 1.79. The Morgan fingerprint density at radius 3 is 2.86 bits per heavy atom. The number of nitrogens with one attached hydrogen (secondary N) is 2. The number of hydrogen-bond donors (Lipinski definition) is 2. The third kappa shape index (κ3) is 2.95. The Kier molecular flexibility index (Phi) is 4.25. The molecule has 2 aromatic rings. The summed E-state index contributed by atoms with van der Waals surface area (Å²) in [5, 5.41) is 4.40. The van der Waals surface area contributed by atoms with Gasteiger partial charge in [-0.2, -0.15) is 0 Å². The highest BCUT2D eigenvalue weighted by molar-refractivity contribution is 6.06. The largest absolute Gasteiger partial charge is 0.361 e. The van der Waals surface area contributed by atoms with Crippen LogP contribution in [0.1, 0.15) is 30.1 Å². The van der Waals surface area contributed by atoms with E-state index >= 15 is 0 Å². The number of hydrogen-bond acceptors (Lipinski definition) is 2. The van der Waals surface area contributed by atoms with Gasteiger partial charge in [0.1, 0.15) is 0 Å². The summed E-state index contributed by atoms with van der Waals surface area (Å²) in [6.45, 7) is 5.85. The zero-order valence-electron chi connectivity index (χ0n) is 12.6. The molecule has 2 heterocycles. The molecule has 21 heavy (non-hydrogen) atoms. The molecule has 0 spiro atoms. The summed E-state index contributed by atoms with van der Waals surface area (Å²) in [6.07, 6.45) is 4.22. The number of carbonyl (C=O) groups is 1. The minimum Gasteiger partial charge on any atom is -0.361 e. The summed E-state index contributed by atoms with van der Waals surface area (Å²) >= 11 is 0. The van der Waals surface area contributed by atoms with Crippen LogP contribution in [-0.2, 0) is 0 Å². The maximum atomic E-state index is 12.9. The van der Waals surface area contributed by atoms with E-state index in [0.29, 0.717) is 5.92 Å². The summed E-state index contributed by atoms with van der Waals surface area (Å²) in [5.74, 6) is 0.779. The smallest absolute Gasteiger partial charge is 0.254 e. The molecule has 0 atom stereocenters. The van der Waals surface area contributed by atoms with E-state index < -0.39 is 0 Å². The zero-order chi connectivity index (χ0) is 14.7. The maximum absolute atomic E-state index is 12.9. The molecule has 112 valence electrons. The molecule has 3 rings (SSSR count). The predicted octanol–water partition coefficient (Wildman–Crippen LogP) is 2.63. The van der Waals surface area contributed by atoms with Gasteiger partial charge in [0.2, 0.25) is 0 Å². The third-order valence-corrected chi connectivity index (χ3v) is 4.43. The molecule has 1 amide bonds. The fraction of sp³-hybridized carbons (Fsp3) is 0.471. The predicted molar refractivity (Wildman–Crippen MR) is 85.5 cm³/mol. The normalized spacial score (nSPS) is 16.2. The molecule has 1 aromatic carbocycles. The van der Waals surface area contributed by atoms with Crippen molar-refractivity contribution in [3.63, 3.8) is 0 Å². The Morgan fingerprint density at radius 2 is 2.10 bits per heavy atom. The van der Waals surface area contributed by atoms with Crippen molar-refractivity contribution >= 4 is 16.8 Å². The lowest BCUT2D eigenvalue weighted by atomic mass is 9.97. The summed E-state index contributed by atoms with van der Waals surface area (Å²) < 4.78 is 0. The van der Waals surface area contributed by atoms with Gasteiger partial charge in [-0.3, -0.25) is 4.79 Å². The Labute approximate surface area is 125 Å². The quantitative estimate of drug-likeness (QED) is 0.907. The molecule has 0 saturated carbocycles. The molecular formula is C17H23N3O. The van der Waals surface area contributed by atoms with Crippen LogP contribution in [0.4, 0.5) is 0 Å². The van der Waals surface area contributed by atoms with Crippen LogP contribution < -0.4 is 5.32 Å². The van der Waals surface area contributed by atoms with Crippen molar-refractivity contribution in [3.8, 4) is 0 Å². The summed E-state index contributed by atoms with van der Waals surface area (Å²) in [4.78, 5) is 18.0. The van der Waals surface area contributed by atoms with Crippen molar-refractivity contribution in [1.29, 1.82) is 0 Å². The number of H-pyrrole nitrogens is 1. The van der Waals surface area contributed by atoms with Crippen molar-refractivity contribution in [2.24, 2.45) is 5.92 Å². The number of piperidine rings is 1. The first kappa shape index (κ1) is 14.1. The maximum Gasteiger partial charge on any atom is 0.254 e. The molecule has 1 saturated heterocycles. The zero-order valence-corrected chi connectivity index (χ0v) is 12.6. The fourth-order valence-corrected chi connectivity index (χ4v) is 3.17. The van der Waals surface area contributed by atoms with Crippen LogP contribution >= 0.6 is 0 Å². The molecule has 2 N–H and O–H groups in total. The van der Waals surface area contributed by atoms with Crippen molar-refractivity contribution < 1.29 is 4.79 Å². The van der Waals surface area contributed by atoms with Gasteiger partial charge in [0, 0.05) is 35.8 Å². The van der Waals surface area contributed by atoms with Gasteiger partial charge in [-0.1, -0.05) is 6.07 Å². The third-order valence-electron chi connectivity index (χ3n) is 4.43. The van der Waals surface area contributed by atoms with E-state index in [2.05, 4.69) is 17.2 Å². The number of benzene rings is 1. The van der Waals surface area contributed by atoms with E-state index in [1.807, 2.05) is 35.4 Å². The SMILES string of the molecule is CCN(CC1CCNCC1)C(=O)c1cccc2[nH]ccc12. The average molecular weight is 285 g/mol. The van der Waals surface area contributed by atoms with Crippen LogP contribution in [0.15, 0.2) is 30.5 Å². The van der Waals surface area contributed by atoms with E-state index in [9.17, 15) is 4.79 Å². The molecule has 4 nitrogen and oxygen atoms in total. The van der Waals surface area contributed by atoms with Gasteiger partial charge in [-0.05, 0) is 57.0 Å². The van der Waals surface area contributed by atoms with Gasteiger partial charge in [-0.15, -0.1) is 0 Å². The minimum atomic E-state index is 0.154. The summed E-state index contributed by atoms with van der Waals surface area (Å²) in [6, 6.07) is 7.88. The van der Waals surface area contributed by atoms with Crippen molar-refractivity contribution in [3.05, 3.63) is 36.0 Å². The standard InChI is InChI=1S/C17H23N3O/c1-2-20(12-13-6-9-18-10-7-13)17(21)15-4-3-5-16-14(15)8-11-19-16/h3-5,8,11,13,18-19H,2,6-7,9-10,12H2,1H3. The van der Waals surface area contributed by atoms with E-state index in [4.69, 9.17) is 0 Å². The van der Waals surface area contributed by atoms with Crippen molar-refractivity contribution in [1.82, 2.24) is 15.2 Å². The average Bonchev–Trinajstić information content (AvgIpc) is 3.01. The molecule has 1 aliphatic rings. The molecule has 0 bridgehead atoms. The number of fused-ring (bicyclic) bond motifs is 1. The Morgan fingerprint density at radius 1 is 1.29 bits per heavy atom. The van der Waals surface area contributed by atoms with Crippen LogP contribution in [0.25, 0.3) is 10.9 Å². The molecular weight excluding hydrogens is 262 g/mol. The second-order valence-electron chi connectivity index (χ2n) is 5.78. The van der Waals surface area contributed by atoms with Crippen molar-refractivity contribution in [2.45, 2.75) is 19.8 Å². The number of amides is 1. The summed E-state index contributed by atoms with van der Waals surface area (Å²) in [7, 11) is 0.